The van der Waals surface area contributed by atoms with E-state index in [1.54, 1.807) is 19.9 Å². The number of benzene rings is 1. The minimum Gasteiger partial charge on any atom is -0.496 e. The zero-order chi connectivity index (χ0) is 16.5. The molecule has 1 fully saturated rings. The highest BCUT2D eigenvalue weighted by Crippen LogP contribution is 2.26. The first kappa shape index (κ1) is 16.7. The van der Waals surface area contributed by atoms with Crippen molar-refractivity contribution in [1.82, 2.24) is 4.72 Å². The minimum atomic E-state index is -3.84. The maximum atomic E-state index is 12.5. The van der Waals surface area contributed by atoms with Gasteiger partial charge in [-0.25, -0.2) is 17.9 Å². The molecule has 0 spiro atoms. The summed E-state index contributed by atoms with van der Waals surface area (Å²) in [5.74, 6) is -0.572. The van der Waals surface area contributed by atoms with Gasteiger partial charge in [-0.3, -0.25) is 0 Å². The molecule has 1 aliphatic rings. The van der Waals surface area contributed by atoms with E-state index in [4.69, 9.17) is 14.6 Å². The Bertz CT molecular complexity index is 685. The summed E-state index contributed by atoms with van der Waals surface area (Å²) in [4.78, 5) is 11.2. The smallest absolute Gasteiger partial charge is 0.334 e. The van der Waals surface area contributed by atoms with E-state index in [0.717, 1.165) is 0 Å². The first-order valence-corrected chi connectivity index (χ1v) is 8.26. The maximum absolute atomic E-state index is 12.5. The topological polar surface area (TPSA) is 102 Å². The van der Waals surface area contributed by atoms with Crippen LogP contribution in [-0.2, 0) is 19.6 Å². The molecule has 0 aromatic heterocycles. The summed E-state index contributed by atoms with van der Waals surface area (Å²) in [6.07, 6.45) is -0.834. The number of methoxy groups -OCH3 is 1. The van der Waals surface area contributed by atoms with Crippen LogP contribution in [0.1, 0.15) is 17.5 Å². The molecule has 1 saturated heterocycles. The summed E-state index contributed by atoms with van der Waals surface area (Å²) in [6, 6.07) is 2.38. The third kappa shape index (κ3) is 3.23. The van der Waals surface area contributed by atoms with Gasteiger partial charge < -0.3 is 14.6 Å². The Labute approximate surface area is 129 Å². The van der Waals surface area contributed by atoms with Crippen molar-refractivity contribution in [2.75, 3.05) is 13.7 Å². The highest BCUT2D eigenvalue weighted by molar-refractivity contribution is 7.89. The summed E-state index contributed by atoms with van der Waals surface area (Å²) in [5, 5.41) is 9.04. The molecule has 2 N–H and O–H groups in total. The summed E-state index contributed by atoms with van der Waals surface area (Å²) in [6.45, 7) is 3.62. The Morgan fingerprint density at radius 1 is 1.36 bits per heavy atom. The number of hydrogen-bond acceptors (Lipinski definition) is 5. The Balaban J connectivity index is 2.31. The van der Waals surface area contributed by atoms with Crippen molar-refractivity contribution in [2.45, 2.75) is 37.3 Å². The molecular weight excluding hydrogens is 310 g/mol. The van der Waals surface area contributed by atoms with E-state index in [0.29, 0.717) is 23.3 Å². The SMILES string of the molecule is COc1cc(C)c(S(=O)(=O)N[C@@H]2CCO[C@@H]2C(=O)O)cc1C. The zero-order valence-electron chi connectivity index (χ0n) is 12.6. The molecule has 0 saturated carbocycles. The first-order valence-electron chi connectivity index (χ1n) is 6.78. The summed E-state index contributed by atoms with van der Waals surface area (Å²) in [7, 11) is -2.32. The maximum Gasteiger partial charge on any atom is 0.334 e. The summed E-state index contributed by atoms with van der Waals surface area (Å²) in [5.41, 5.74) is 1.21. The van der Waals surface area contributed by atoms with Crippen molar-refractivity contribution in [3.05, 3.63) is 23.3 Å². The van der Waals surface area contributed by atoms with Crippen LogP contribution < -0.4 is 9.46 Å². The van der Waals surface area contributed by atoms with Crippen molar-refractivity contribution in [2.24, 2.45) is 0 Å². The first-order chi connectivity index (χ1) is 10.3. The monoisotopic (exact) mass is 329 g/mol. The van der Waals surface area contributed by atoms with E-state index in [1.807, 2.05) is 0 Å². The van der Waals surface area contributed by atoms with Crippen LogP contribution in [-0.4, -0.2) is 45.4 Å². The molecule has 2 atom stereocenters. The lowest BCUT2D eigenvalue weighted by molar-refractivity contribution is -0.147. The summed E-state index contributed by atoms with van der Waals surface area (Å²) >= 11 is 0. The third-order valence-corrected chi connectivity index (χ3v) is 5.26. The van der Waals surface area contributed by atoms with Crippen LogP contribution in [0.2, 0.25) is 0 Å². The predicted octanol–water partition coefficient (Wildman–Crippen LogP) is 0.832. The van der Waals surface area contributed by atoms with E-state index in [-0.39, 0.29) is 11.5 Å². The van der Waals surface area contributed by atoms with Crippen LogP contribution in [0.15, 0.2) is 17.0 Å². The molecule has 0 radical (unpaired) electrons. The molecule has 1 heterocycles. The van der Waals surface area contributed by atoms with Gasteiger partial charge in [-0.15, -0.1) is 0 Å². The van der Waals surface area contributed by atoms with Gasteiger partial charge in [0, 0.05) is 6.61 Å². The second kappa shape index (κ2) is 6.23. The number of aryl methyl sites for hydroxylation is 2. The molecule has 0 aliphatic carbocycles. The lowest BCUT2D eigenvalue weighted by Gasteiger charge is -2.18. The Morgan fingerprint density at radius 3 is 2.64 bits per heavy atom. The van der Waals surface area contributed by atoms with Crippen LogP contribution in [0.3, 0.4) is 0 Å². The highest BCUT2D eigenvalue weighted by Gasteiger charge is 2.37. The molecule has 0 amide bonds. The van der Waals surface area contributed by atoms with Gasteiger partial charge in [0.2, 0.25) is 10.0 Å². The van der Waals surface area contributed by atoms with Crippen LogP contribution in [0, 0.1) is 13.8 Å². The number of aliphatic carboxylic acids is 1. The highest BCUT2D eigenvalue weighted by atomic mass is 32.2. The molecule has 122 valence electrons. The number of carbonyl (C=O) groups is 1. The van der Waals surface area contributed by atoms with Crippen molar-refractivity contribution in [3.8, 4) is 5.75 Å². The molecular formula is C14H19NO6S. The Hall–Kier alpha value is -1.64. The Morgan fingerprint density at radius 2 is 2.05 bits per heavy atom. The van der Waals surface area contributed by atoms with Gasteiger partial charge >= 0.3 is 5.97 Å². The quantitative estimate of drug-likeness (QED) is 0.830. The standard InChI is InChI=1S/C14H19NO6S/c1-8-7-12(9(2)6-11(8)20-3)22(18,19)15-10-4-5-21-13(10)14(16)17/h6-7,10,13,15H,4-5H2,1-3H3,(H,16,17)/t10-,13+/m1/s1. The van der Waals surface area contributed by atoms with Crippen molar-refractivity contribution in [3.63, 3.8) is 0 Å². The molecule has 22 heavy (non-hydrogen) atoms. The van der Waals surface area contributed by atoms with E-state index < -0.39 is 28.1 Å². The van der Waals surface area contributed by atoms with E-state index >= 15 is 0 Å². The number of carboxylic acids is 1. The number of sulfonamides is 1. The fourth-order valence-corrected chi connectivity index (χ4v) is 4.07. The summed E-state index contributed by atoms with van der Waals surface area (Å²) < 4.78 is 37.7. The van der Waals surface area contributed by atoms with E-state index in [2.05, 4.69) is 4.72 Å². The average Bonchev–Trinajstić information content (AvgIpc) is 2.88. The number of rotatable bonds is 5. The average molecular weight is 329 g/mol. The van der Waals surface area contributed by atoms with Gasteiger partial charge in [-0.2, -0.15) is 0 Å². The number of ether oxygens (including phenoxy) is 2. The van der Waals surface area contributed by atoms with Gasteiger partial charge in [-0.1, -0.05) is 0 Å². The molecule has 2 rings (SSSR count). The Kier molecular flexibility index (Phi) is 4.74. The van der Waals surface area contributed by atoms with Crippen LogP contribution in [0.5, 0.6) is 5.75 Å². The molecule has 0 bridgehead atoms. The van der Waals surface area contributed by atoms with Crippen LogP contribution >= 0.6 is 0 Å². The van der Waals surface area contributed by atoms with Crippen molar-refractivity contribution in [1.29, 1.82) is 0 Å². The van der Waals surface area contributed by atoms with Gasteiger partial charge in [0.15, 0.2) is 6.10 Å². The zero-order valence-corrected chi connectivity index (χ0v) is 13.4. The van der Waals surface area contributed by atoms with Crippen molar-refractivity contribution < 1.29 is 27.8 Å². The molecule has 0 unspecified atom stereocenters. The van der Waals surface area contributed by atoms with Crippen molar-refractivity contribution >= 4 is 16.0 Å². The second-order valence-electron chi connectivity index (χ2n) is 5.23. The molecule has 1 aliphatic heterocycles. The number of nitrogens with one attached hydrogen (secondary N) is 1. The van der Waals surface area contributed by atoms with Gasteiger partial charge in [0.1, 0.15) is 5.75 Å². The minimum absolute atomic E-state index is 0.113. The van der Waals surface area contributed by atoms with Gasteiger partial charge in [-0.05, 0) is 43.5 Å². The largest absolute Gasteiger partial charge is 0.496 e. The molecule has 8 heteroatoms. The fraction of sp³-hybridized carbons (Fsp3) is 0.500. The van der Waals surface area contributed by atoms with Gasteiger partial charge in [0.05, 0.1) is 18.0 Å². The molecule has 7 nitrogen and oxygen atoms in total. The lowest BCUT2D eigenvalue weighted by Crippen LogP contribution is -2.44. The van der Waals surface area contributed by atoms with Crippen LogP contribution in [0.4, 0.5) is 0 Å². The second-order valence-corrected chi connectivity index (χ2v) is 6.92. The number of carboxylic acid groups (broad SMARTS) is 1. The lowest BCUT2D eigenvalue weighted by atomic mass is 10.1. The number of hydrogen-bond donors (Lipinski definition) is 2. The normalized spacial score (nSPS) is 21.8. The van der Waals surface area contributed by atoms with Gasteiger partial charge in [0.25, 0.3) is 0 Å². The predicted molar refractivity (Wildman–Crippen MR) is 78.6 cm³/mol. The fourth-order valence-electron chi connectivity index (χ4n) is 2.49. The van der Waals surface area contributed by atoms with E-state index in [1.165, 1.54) is 13.2 Å². The van der Waals surface area contributed by atoms with E-state index in [9.17, 15) is 13.2 Å². The molecule has 1 aromatic rings. The van der Waals surface area contributed by atoms with Crippen LogP contribution in [0.25, 0.3) is 0 Å². The molecule has 1 aromatic carbocycles. The third-order valence-electron chi connectivity index (χ3n) is 3.62.